The van der Waals surface area contributed by atoms with Crippen molar-refractivity contribution in [3.8, 4) is 5.75 Å². The van der Waals surface area contributed by atoms with Gasteiger partial charge in [0.1, 0.15) is 15.6 Å². The first-order chi connectivity index (χ1) is 8.55. The Morgan fingerprint density at radius 2 is 1.79 bits per heavy atom. The fraction of sp³-hybridized carbons (Fsp3) is 0.455. The molecule has 0 aliphatic heterocycles. The molecule has 0 saturated carbocycles. The van der Waals surface area contributed by atoms with Crippen LogP contribution in [0.1, 0.15) is 5.56 Å². The lowest BCUT2D eigenvalue weighted by atomic mass is 10.1. The Morgan fingerprint density at radius 1 is 1.26 bits per heavy atom. The largest absolute Gasteiger partial charge is 0.573 e. The van der Waals surface area contributed by atoms with E-state index in [9.17, 15) is 26.7 Å². The zero-order chi connectivity index (χ0) is 14.7. The number of benzene rings is 1. The lowest BCUT2D eigenvalue weighted by Gasteiger charge is -2.11. The number of sulfone groups is 1. The van der Waals surface area contributed by atoms with E-state index in [0.29, 0.717) is 5.56 Å². The minimum absolute atomic E-state index is 0.0410. The first kappa shape index (κ1) is 15.8. The zero-order valence-electron chi connectivity index (χ0n) is 10.0. The summed E-state index contributed by atoms with van der Waals surface area (Å²) in [4.78, 5) is 0. The molecule has 0 aliphatic carbocycles. The summed E-state index contributed by atoms with van der Waals surface area (Å²) in [6.45, 7) is 0. The molecule has 19 heavy (non-hydrogen) atoms. The van der Waals surface area contributed by atoms with Crippen LogP contribution in [0.25, 0.3) is 0 Å². The van der Waals surface area contributed by atoms with Gasteiger partial charge in [0.15, 0.2) is 0 Å². The van der Waals surface area contributed by atoms with Crippen molar-refractivity contribution in [1.82, 2.24) is 0 Å². The van der Waals surface area contributed by atoms with Crippen LogP contribution in [0.5, 0.6) is 5.75 Å². The van der Waals surface area contributed by atoms with Crippen LogP contribution >= 0.6 is 0 Å². The van der Waals surface area contributed by atoms with Crippen molar-refractivity contribution in [2.24, 2.45) is 0 Å². The van der Waals surface area contributed by atoms with Gasteiger partial charge in [-0.1, -0.05) is 12.1 Å². The van der Waals surface area contributed by atoms with E-state index in [2.05, 4.69) is 4.74 Å². The van der Waals surface area contributed by atoms with E-state index in [1.807, 2.05) is 0 Å². The minimum Gasteiger partial charge on any atom is -0.406 e. The first-order valence-corrected chi connectivity index (χ1v) is 7.32. The number of ether oxygens (including phenoxy) is 1. The predicted octanol–water partition coefficient (Wildman–Crippen LogP) is 1.53. The van der Waals surface area contributed by atoms with E-state index in [0.717, 1.165) is 18.4 Å². The lowest BCUT2D eigenvalue weighted by molar-refractivity contribution is -0.274. The molecule has 1 atom stereocenters. The summed E-state index contributed by atoms with van der Waals surface area (Å²) in [6, 6.07) is 4.89. The fourth-order valence-corrected chi connectivity index (χ4v) is 2.32. The second-order valence-corrected chi connectivity index (χ2v) is 6.33. The Balaban J connectivity index is 2.62. The molecule has 1 N–H and O–H groups in total. The van der Waals surface area contributed by atoms with Crippen LogP contribution in [0.3, 0.4) is 0 Å². The van der Waals surface area contributed by atoms with Crippen LogP contribution in [0.15, 0.2) is 24.3 Å². The molecule has 0 heterocycles. The quantitative estimate of drug-likeness (QED) is 0.895. The number of hydrogen-bond donors (Lipinski definition) is 1. The molecule has 1 unspecified atom stereocenters. The molecule has 0 radical (unpaired) electrons. The second kappa shape index (κ2) is 5.79. The fourth-order valence-electron chi connectivity index (χ4n) is 1.51. The molecule has 0 fully saturated rings. The molecule has 1 aromatic rings. The maximum atomic E-state index is 11.9. The second-order valence-electron chi connectivity index (χ2n) is 4.14. The molecule has 0 bridgehead atoms. The Morgan fingerprint density at radius 3 is 2.21 bits per heavy atom. The van der Waals surface area contributed by atoms with E-state index >= 15 is 0 Å². The van der Waals surface area contributed by atoms with E-state index < -0.39 is 28.1 Å². The molecule has 108 valence electrons. The van der Waals surface area contributed by atoms with Gasteiger partial charge >= 0.3 is 6.36 Å². The van der Waals surface area contributed by atoms with Gasteiger partial charge in [-0.05, 0) is 24.1 Å². The molecule has 8 heteroatoms. The van der Waals surface area contributed by atoms with Crippen LogP contribution in [-0.4, -0.2) is 38.0 Å². The van der Waals surface area contributed by atoms with Gasteiger partial charge in [0, 0.05) is 6.26 Å². The monoisotopic (exact) mass is 298 g/mol. The third-order valence-corrected chi connectivity index (χ3v) is 3.11. The van der Waals surface area contributed by atoms with Crippen LogP contribution in [-0.2, 0) is 16.3 Å². The first-order valence-electron chi connectivity index (χ1n) is 5.26. The van der Waals surface area contributed by atoms with Crippen LogP contribution in [0, 0.1) is 0 Å². The van der Waals surface area contributed by atoms with E-state index in [4.69, 9.17) is 0 Å². The highest BCUT2D eigenvalue weighted by Crippen LogP contribution is 2.23. The average molecular weight is 298 g/mol. The van der Waals surface area contributed by atoms with Gasteiger partial charge in [-0.25, -0.2) is 8.42 Å². The van der Waals surface area contributed by atoms with E-state index in [1.165, 1.54) is 12.1 Å². The maximum absolute atomic E-state index is 11.9. The number of hydrogen-bond acceptors (Lipinski definition) is 4. The standard InChI is InChI=1S/C11H13F3O4S/c1-19(16,17)7-9(15)6-8-2-4-10(5-3-8)18-11(12,13)14/h2-5,9,15H,6-7H2,1H3. The van der Waals surface area contributed by atoms with Gasteiger partial charge in [-0.2, -0.15) is 0 Å². The highest BCUT2D eigenvalue weighted by atomic mass is 32.2. The average Bonchev–Trinajstić information content (AvgIpc) is 2.15. The molecular weight excluding hydrogens is 285 g/mol. The van der Waals surface area contributed by atoms with E-state index in [1.54, 1.807) is 0 Å². The number of halogens is 3. The van der Waals surface area contributed by atoms with Gasteiger partial charge in [-0.15, -0.1) is 13.2 Å². The van der Waals surface area contributed by atoms with Crippen molar-refractivity contribution < 1.29 is 31.4 Å². The van der Waals surface area contributed by atoms with Gasteiger partial charge in [0.05, 0.1) is 11.9 Å². The Hall–Kier alpha value is -1.28. The van der Waals surface area contributed by atoms with Gasteiger partial charge in [0.25, 0.3) is 0 Å². The highest BCUT2D eigenvalue weighted by Gasteiger charge is 2.30. The topological polar surface area (TPSA) is 63.6 Å². The molecule has 1 rings (SSSR count). The number of rotatable bonds is 5. The number of alkyl halides is 3. The number of aliphatic hydroxyl groups is 1. The molecule has 0 spiro atoms. The molecular formula is C11H13F3O4S. The van der Waals surface area contributed by atoms with Crippen LogP contribution in [0.2, 0.25) is 0 Å². The maximum Gasteiger partial charge on any atom is 0.573 e. The molecule has 0 saturated heterocycles. The van der Waals surface area contributed by atoms with Crippen LogP contribution < -0.4 is 4.74 Å². The van der Waals surface area contributed by atoms with Crippen molar-refractivity contribution in [2.75, 3.05) is 12.0 Å². The Labute approximate surface area is 108 Å². The summed E-state index contributed by atoms with van der Waals surface area (Å²) in [5.41, 5.74) is 0.519. The molecule has 0 amide bonds. The Bertz CT molecular complexity index is 508. The van der Waals surface area contributed by atoms with Gasteiger partial charge in [0.2, 0.25) is 0 Å². The summed E-state index contributed by atoms with van der Waals surface area (Å²) < 4.78 is 61.3. The van der Waals surface area contributed by atoms with Crippen molar-refractivity contribution in [3.63, 3.8) is 0 Å². The van der Waals surface area contributed by atoms with E-state index in [-0.39, 0.29) is 12.2 Å². The molecule has 4 nitrogen and oxygen atoms in total. The van der Waals surface area contributed by atoms with Gasteiger partial charge < -0.3 is 9.84 Å². The summed E-state index contributed by atoms with van der Waals surface area (Å²) in [7, 11) is -3.30. The van der Waals surface area contributed by atoms with Crippen LogP contribution in [0.4, 0.5) is 13.2 Å². The van der Waals surface area contributed by atoms with Gasteiger partial charge in [-0.3, -0.25) is 0 Å². The van der Waals surface area contributed by atoms with Crippen molar-refractivity contribution in [2.45, 2.75) is 18.9 Å². The zero-order valence-corrected chi connectivity index (χ0v) is 10.8. The Kier molecular flexibility index (Phi) is 4.81. The minimum atomic E-state index is -4.75. The SMILES string of the molecule is CS(=O)(=O)CC(O)Cc1ccc(OC(F)(F)F)cc1. The van der Waals surface area contributed by atoms with Crippen molar-refractivity contribution in [3.05, 3.63) is 29.8 Å². The molecule has 0 aromatic heterocycles. The number of aliphatic hydroxyl groups excluding tert-OH is 1. The lowest BCUT2D eigenvalue weighted by Crippen LogP contribution is -2.22. The third kappa shape index (κ3) is 7.02. The predicted molar refractivity (Wildman–Crippen MR) is 62.5 cm³/mol. The van der Waals surface area contributed by atoms with Crippen molar-refractivity contribution >= 4 is 9.84 Å². The summed E-state index contributed by atoms with van der Waals surface area (Å²) >= 11 is 0. The van der Waals surface area contributed by atoms with Crippen molar-refractivity contribution in [1.29, 1.82) is 0 Å². The summed E-state index contributed by atoms with van der Waals surface area (Å²) in [5.74, 6) is -0.762. The summed E-state index contributed by atoms with van der Waals surface area (Å²) in [5, 5.41) is 9.50. The third-order valence-electron chi connectivity index (χ3n) is 2.12. The smallest absolute Gasteiger partial charge is 0.406 e. The molecule has 1 aromatic carbocycles. The highest BCUT2D eigenvalue weighted by molar-refractivity contribution is 7.90. The molecule has 0 aliphatic rings. The normalized spacial score (nSPS) is 14.2. The summed E-state index contributed by atoms with van der Waals surface area (Å²) in [6.07, 6.45) is -4.81.